The minimum Gasteiger partial charge on any atom is -0.427 e. The summed E-state index contributed by atoms with van der Waals surface area (Å²) in [5, 5.41) is 18.5. The molecule has 0 aromatic heterocycles. The van der Waals surface area contributed by atoms with Crippen molar-refractivity contribution < 1.29 is 14.8 Å². The Balaban J connectivity index is 1.49. The first-order valence-corrected chi connectivity index (χ1v) is 6.19. The fourth-order valence-corrected chi connectivity index (χ4v) is 3.41. The number of hydrogen-bond acceptors (Lipinski definition) is 3. The quantitative estimate of drug-likeness (QED) is 0.755. The summed E-state index contributed by atoms with van der Waals surface area (Å²) in [6, 6.07) is 10.1. The van der Waals surface area contributed by atoms with Crippen LogP contribution in [0.4, 0.5) is 0 Å². The molecule has 3 fully saturated rings. The Bertz CT molecular complexity index is 385. The summed E-state index contributed by atoms with van der Waals surface area (Å²) in [5.74, 6) is 0.577. The molecule has 1 unspecified atom stereocenters. The molecule has 3 aliphatic rings. The van der Waals surface area contributed by atoms with Crippen LogP contribution in [0.3, 0.4) is 0 Å². The molecule has 3 nitrogen and oxygen atoms in total. The molecule has 4 heteroatoms. The molecule has 4 rings (SSSR count). The van der Waals surface area contributed by atoms with Crippen LogP contribution in [-0.2, 0) is 11.3 Å². The lowest BCUT2D eigenvalue weighted by Crippen LogP contribution is -2.64. The van der Waals surface area contributed by atoms with Crippen molar-refractivity contribution in [3.63, 3.8) is 0 Å². The molecule has 1 atom stereocenters. The van der Waals surface area contributed by atoms with Gasteiger partial charge >= 0.3 is 7.12 Å². The molecule has 1 aromatic rings. The molecular weight excluding hydrogens is 215 g/mol. The van der Waals surface area contributed by atoms with Crippen LogP contribution in [0.15, 0.2) is 30.3 Å². The van der Waals surface area contributed by atoms with Gasteiger partial charge in [0, 0.05) is 5.82 Å². The Morgan fingerprint density at radius 3 is 2.47 bits per heavy atom. The van der Waals surface area contributed by atoms with E-state index in [0.717, 1.165) is 12.8 Å². The third kappa shape index (κ3) is 1.80. The Hall–Kier alpha value is -0.835. The fourth-order valence-electron chi connectivity index (χ4n) is 3.41. The first-order valence-electron chi connectivity index (χ1n) is 6.19. The van der Waals surface area contributed by atoms with E-state index in [1.807, 2.05) is 30.3 Å². The Kier molecular flexibility index (Phi) is 2.73. The van der Waals surface area contributed by atoms with Crippen LogP contribution in [0.5, 0.6) is 0 Å². The largest absolute Gasteiger partial charge is 0.455 e. The predicted molar refractivity (Wildman–Crippen MR) is 65.2 cm³/mol. The van der Waals surface area contributed by atoms with E-state index >= 15 is 0 Å². The van der Waals surface area contributed by atoms with E-state index in [2.05, 4.69) is 0 Å². The molecular formula is C13H17BO3. The first-order chi connectivity index (χ1) is 8.21. The predicted octanol–water partition coefficient (Wildman–Crippen LogP) is 1.46. The highest BCUT2D eigenvalue weighted by molar-refractivity contribution is 6.44. The minimum absolute atomic E-state index is 0.0540. The van der Waals surface area contributed by atoms with Crippen molar-refractivity contribution in [2.24, 2.45) is 11.3 Å². The molecule has 3 aliphatic carbocycles. The van der Waals surface area contributed by atoms with Gasteiger partial charge in [-0.1, -0.05) is 30.3 Å². The van der Waals surface area contributed by atoms with E-state index in [9.17, 15) is 10.0 Å². The highest BCUT2D eigenvalue weighted by atomic mass is 16.5. The van der Waals surface area contributed by atoms with E-state index in [1.165, 1.54) is 5.56 Å². The summed E-state index contributed by atoms with van der Waals surface area (Å²) in [7, 11) is -1.16. The lowest BCUT2D eigenvalue weighted by molar-refractivity contribution is -0.164. The van der Waals surface area contributed by atoms with Gasteiger partial charge in [0.1, 0.15) is 0 Å². The van der Waals surface area contributed by atoms with Crippen LogP contribution < -0.4 is 0 Å². The molecule has 0 spiro atoms. The maximum atomic E-state index is 9.25. The summed E-state index contributed by atoms with van der Waals surface area (Å²) in [4.78, 5) is 0. The van der Waals surface area contributed by atoms with E-state index in [-0.39, 0.29) is 11.2 Å². The van der Waals surface area contributed by atoms with Gasteiger partial charge < -0.3 is 14.8 Å². The van der Waals surface area contributed by atoms with Gasteiger partial charge in [-0.25, -0.2) is 0 Å². The topological polar surface area (TPSA) is 49.7 Å². The molecule has 0 amide bonds. The summed E-state index contributed by atoms with van der Waals surface area (Å²) in [5.41, 5.74) is 1.23. The van der Waals surface area contributed by atoms with Gasteiger partial charge in [-0.3, -0.25) is 0 Å². The zero-order chi connectivity index (χ0) is 11.9. The van der Waals surface area contributed by atoms with Gasteiger partial charge in [0.2, 0.25) is 0 Å². The molecule has 17 heavy (non-hydrogen) atoms. The van der Waals surface area contributed by atoms with Gasteiger partial charge in [0.25, 0.3) is 0 Å². The SMILES string of the molecule is OB(O)C1C2CC1(COCc1ccccc1)C2. The average molecular weight is 232 g/mol. The van der Waals surface area contributed by atoms with E-state index in [0.29, 0.717) is 19.1 Å². The maximum absolute atomic E-state index is 9.25. The van der Waals surface area contributed by atoms with Crippen molar-refractivity contribution in [3.05, 3.63) is 35.9 Å². The number of ether oxygens (including phenoxy) is 1. The molecule has 90 valence electrons. The molecule has 0 aliphatic heterocycles. The van der Waals surface area contributed by atoms with E-state index in [4.69, 9.17) is 4.74 Å². The smallest absolute Gasteiger partial charge is 0.427 e. The fraction of sp³-hybridized carbons (Fsp3) is 0.538. The second-order valence-corrected chi connectivity index (χ2v) is 5.45. The molecule has 0 saturated heterocycles. The first kappa shape index (κ1) is 11.3. The van der Waals surface area contributed by atoms with Crippen LogP contribution in [0.2, 0.25) is 5.82 Å². The highest BCUT2D eigenvalue weighted by Gasteiger charge is 2.68. The second-order valence-electron chi connectivity index (χ2n) is 5.45. The van der Waals surface area contributed by atoms with Gasteiger partial charge in [-0.15, -0.1) is 0 Å². The number of benzene rings is 1. The molecule has 2 bridgehead atoms. The Morgan fingerprint density at radius 1 is 1.24 bits per heavy atom. The van der Waals surface area contributed by atoms with Crippen LogP contribution in [-0.4, -0.2) is 23.8 Å². The molecule has 2 N–H and O–H groups in total. The normalized spacial score (nSPS) is 33.8. The summed E-state index contributed by atoms with van der Waals surface area (Å²) < 4.78 is 5.72. The summed E-state index contributed by atoms with van der Waals surface area (Å²) in [6.45, 7) is 1.27. The van der Waals surface area contributed by atoms with E-state index < -0.39 is 7.12 Å². The summed E-state index contributed by atoms with van der Waals surface area (Å²) in [6.07, 6.45) is 2.20. The highest BCUT2D eigenvalue weighted by Crippen LogP contribution is 2.73. The zero-order valence-electron chi connectivity index (χ0n) is 9.75. The van der Waals surface area contributed by atoms with Gasteiger partial charge in [0.15, 0.2) is 0 Å². The van der Waals surface area contributed by atoms with E-state index in [1.54, 1.807) is 0 Å². The molecule has 1 aromatic carbocycles. The number of hydrogen-bond donors (Lipinski definition) is 2. The Morgan fingerprint density at radius 2 is 1.94 bits per heavy atom. The van der Waals surface area contributed by atoms with Crippen molar-refractivity contribution in [2.45, 2.75) is 25.3 Å². The monoisotopic (exact) mass is 232 g/mol. The Labute approximate surface area is 102 Å². The van der Waals surface area contributed by atoms with Gasteiger partial charge in [-0.2, -0.15) is 0 Å². The van der Waals surface area contributed by atoms with Crippen molar-refractivity contribution in [1.82, 2.24) is 0 Å². The van der Waals surface area contributed by atoms with Crippen molar-refractivity contribution in [1.29, 1.82) is 0 Å². The molecule has 3 saturated carbocycles. The van der Waals surface area contributed by atoms with Crippen LogP contribution >= 0.6 is 0 Å². The van der Waals surface area contributed by atoms with Crippen molar-refractivity contribution >= 4 is 7.12 Å². The summed E-state index contributed by atoms with van der Waals surface area (Å²) >= 11 is 0. The second kappa shape index (κ2) is 4.12. The molecule has 0 radical (unpaired) electrons. The minimum atomic E-state index is -1.16. The van der Waals surface area contributed by atoms with Gasteiger partial charge in [-0.05, 0) is 29.7 Å². The molecule has 0 heterocycles. The van der Waals surface area contributed by atoms with Gasteiger partial charge in [0.05, 0.1) is 13.2 Å². The van der Waals surface area contributed by atoms with Crippen molar-refractivity contribution in [3.8, 4) is 0 Å². The average Bonchev–Trinajstić information content (AvgIpc) is 2.21. The lowest BCUT2D eigenvalue weighted by Gasteiger charge is -2.68. The van der Waals surface area contributed by atoms with Crippen LogP contribution in [0, 0.1) is 11.3 Å². The van der Waals surface area contributed by atoms with Crippen LogP contribution in [0.1, 0.15) is 18.4 Å². The third-order valence-corrected chi connectivity index (χ3v) is 4.37. The third-order valence-electron chi connectivity index (χ3n) is 4.37. The zero-order valence-corrected chi connectivity index (χ0v) is 9.75. The number of rotatable bonds is 5. The lowest BCUT2D eigenvalue weighted by atomic mass is 9.29. The van der Waals surface area contributed by atoms with Crippen molar-refractivity contribution in [2.75, 3.05) is 6.61 Å². The maximum Gasteiger partial charge on any atom is 0.455 e. The van der Waals surface area contributed by atoms with Crippen LogP contribution in [0.25, 0.3) is 0 Å². The standard InChI is InChI=1S/C13H17BO3/c15-14(16)12-11-6-13(12,7-11)9-17-8-10-4-2-1-3-5-10/h1-5,11-12,15-16H,6-9H2.